The normalized spacial score (nSPS) is 15.5. The summed E-state index contributed by atoms with van der Waals surface area (Å²) in [4.78, 5) is 22.6. The minimum Gasteiger partial charge on any atom is -0.462 e. The van der Waals surface area contributed by atoms with Crippen molar-refractivity contribution in [2.45, 2.75) is 12.8 Å². The van der Waals surface area contributed by atoms with Gasteiger partial charge in [0.25, 0.3) is 0 Å². The molecule has 0 aliphatic carbocycles. The number of benzene rings is 3. The molecule has 1 aliphatic heterocycles. The molecule has 32 heavy (non-hydrogen) atoms. The van der Waals surface area contributed by atoms with Gasteiger partial charge in [0.15, 0.2) is 5.75 Å². The van der Waals surface area contributed by atoms with Gasteiger partial charge < -0.3 is 20.9 Å². The van der Waals surface area contributed by atoms with Crippen LogP contribution in [-0.4, -0.2) is 22.5 Å². The molecule has 0 fully saturated rings. The van der Waals surface area contributed by atoms with Crippen molar-refractivity contribution in [3.8, 4) is 5.75 Å². The largest absolute Gasteiger partial charge is 0.462 e. The molecule has 0 radical (unpaired) electrons. The van der Waals surface area contributed by atoms with Crippen LogP contribution in [0.25, 0.3) is 22.1 Å². The summed E-state index contributed by atoms with van der Waals surface area (Å²) in [6.07, 6.45) is 0. The molecule has 4 aromatic rings. The molecular formula is C24H19BrN4O3. The fraction of sp³-hybridized carbons (Fsp3) is 0.125. The molecule has 0 bridgehead atoms. The monoisotopic (exact) mass is 490 g/mol. The van der Waals surface area contributed by atoms with E-state index in [0.717, 1.165) is 21.1 Å². The van der Waals surface area contributed by atoms with Crippen molar-refractivity contribution in [2.24, 2.45) is 5.73 Å². The fourth-order valence-electron chi connectivity index (χ4n) is 4.04. The Labute approximate surface area is 192 Å². The third-order valence-corrected chi connectivity index (χ3v) is 5.93. The zero-order valence-electron chi connectivity index (χ0n) is 17.1. The number of nitrogens with two attached hydrogens (primary N) is 2. The molecule has 2 heterocycles. The fourth-order valence-corrected chi connectivity index (χ4v) is 4.30. The number of hydrogen-bond donors (Lipinski definition) is 2. The maximum atomic E-state index is 13.0. The van der Waals surface area contributed by atoms with Crippen molar-refractivity contribution in [3.63, 3.8) is 0 Å². The molecule has 1 aromatic heterocycles. The van der Waals surface area contributed by atoms with E-state index in [1.54, 1.807) is 13.0 Å². The first-order valence-corrected chi connectivity index (χ1v) is 10.9. The maximum Gasteiger partial charge on any atom is 0.340 e. The van der Waals surface area contributed by atoms with E-state index in [1.165, 1.54) is 0 Å². The molecule has 1 atom stereocenters. The van der Waals surface area contributed by atoms with Crippen LogP contribution in [0.15, 0.2) is 70.5 Å². The first-order valence-electron chi connectivity index (χ1n) is 10.1. The molecule has 7 nitrogen and oxygen atoms in total. The molecule has 160 valence electrons. The van der Waals surface area contributed by atoms with Crippen LogP contribution in [0.3, 0.4) is 0 Å². The lowest BCUT2D eigenvalue weighted by atomic mass is 9.82. The lowest BCUT2D eigenvalue weighted by Gasteiger charge is -2.30. The van der Waals surface area contributed by atoms with Gasteiger partial charge >= 0.3 is 5.97 Å². The summed E-state index contributed by atoms with van der Waals surface area (Å²) >= 11 is 3.47. The third kappa shape index (κ3) is 3.23. The number of carbonyl (C=O) groups is 1. The van der Waals surface area contributed by atoms with Gasteiger partial charge in [-0.2, -0.15) is 0 Å². The lowest BCUT2D eigenvalue weighted by Crippen LogP contribution is -2.28. The molecule has 3 aromatic carbocycles. The van der Waals surface area contributed by atoms with Gasteiger partial charge in [-0.05, 0) is 42.8 Å². The van der Waals surface area contributed by atoms with Crippen LogP contribution in [0.2, 0.25) is 0 Å². The number of nitrogen functional groups attached to an aromatic ring is 1. The van der Waals surface area contributed by atoms with Crippen LogP contribution in [0.1, 0.15) is 24.0 Å². The van der Waals surface area contributed by atoms with E-state index < -0.39 is 11.9 Å². The van der Waals surface area contributed by atoms with Crippen molar-refractivity contribution in [1.82, 2.24) is 9.97 Å². The summed E-state index contributed by atoms with van der Waals surface area (Å²) in [6, 6.07) is 16.9. The number of esters is 1. The summed E-state index contributed by atoms with van der Waals surface area (Å²) in [7, 11) is 0. The summed E-state index contributed by atoms with van der Waals surface area (Å²) in [5, 5.41) is 0. The second-order valence-corrected chi connectivity index (χ2v) is 8.29. The van der Waals surface area contributed by atoms with E-state index in [0.29, 0.717) is 28.0 Å². The van der Waals surface area contributed by atoms with E-state index >= 15 is 0 Å². The standard InChI is InChI=1S/C24H19BrN4O3/c1-2-31-24(30)20-18(12-7-9-13(25)10-8-12)19-21-17(11-14(26)22(19)32-23(20)27)28-15-5-3-4-6-16(15)29-21/h3-11,18H,2,26-27H2,1H3. The smallest absolute Gasteiger partial charge is 0.340 e. The Bertz CT molecular complexity index is 1420. The Morgan fingerprint density at radius 1 is 1.06 bits per heavy atom. The van der Waals surface area contributed by atoms with Crippen LogP contribution in [0.4, 0.5) is 5.69 Å². The maximum absolute atomic E-state index is 13.0. The number of carbonyl (C=O) groups excluding carboxylic acids is 1. The van der Waals surface area contributed by atoms with Crippen LogP contribution < -0.4 is 16.2 Å². The molecular weight excluding hydrogens is 472 g/mol. The first kappa shape index (κ1) is 20.3. The third-order valence-electron chi connectivity index (χ3n) is 5.41. The Morgan fingerprint density at radius 3 is 2.44 bits per heavy atom. The molecule has 1 unspecified atom stereocenters. The second kappa shape index (κ2) is 7.80. The highest BCUT2D eigenvalue weighted by Gasteiger charge is 2.38. The quantitative estimate of drug-likeness (QED) is 0.248. The predicted molar refractivity (Wildman–Crippen MR) is 126 cm³/mol. The summed E-state index contributed by atoms with van der Waals surface area (Å²) in [5.41, 5.74) is 17.3. The Kier molecular flexibility index (Phi) is 4.94. The van der Waals surface area contributed by atoms with E-state index in [9.17, 15) is 4.79 Å². The van der Waals surface area contributed by atoms with Crippen molar-refractivity contribution in [1.29, 1.82) is 0 Å². The minimum atomic E-state index is -0.590. The van der Waals surface area contributed by atoms with Crippen molar-refractivity contribution in [3.05, 3.63) is 81.7 Å². The van der Waals surface area contributed by atoms with Gasteiger partial charge in [-0.15, -0.1) is 0 Å². The highest BCUT2D eigenvalue weighted by Crippen LogP contribution is 2.48. The molecule has 8 heteroatoms. The molecule has 1 aliphatic rings. The molecule has 4 N–H and O–H groups in total. The minimum absolute atomic E-state index is 0.0383. The highest BCUT2D eigenvalue weighted by molar-refractivity contribution is 9.10. The number of fused-ring (bicyclic) bond motifs is 4. The Morgan fingerprint density at radius 2 is 1.75 bits per heavy atom. The van der Waals surface area contributed by atoms with Gasteiger partial charge in [0.2, 0.25) is 5.88 Å². The first-order chi connectivity index (χ1) is 15.5. The van der Waals surface area contributed by atoms with Crippen molar-refractivity contribution >= 4 is 49.7 Å². The van der Waals surface area contributed by atoms with Crippen LogP contribution >= 0.6 is 15.9 Å². The summed E-state index contributed by atoms with van der Waals surface area (Å²) < 4.78 is 12.1. The predicted octanol–water partition coefficient (Wildman–Crippen LogP) is 4.39. The second-order valence-electron chi connectivity index (χ2n) is 7.37. The van der Waals surface area contributed by atoms with Gasteiger partial charge in [0, 0.05) is 10.0 Å². The SMILES string of the molecule is CCOC(=O)C1=C(N)Oc2c(N)cc3nc4ccccc4nc3c2C1c1ccc(Br)cc1. The molecule has 0 amide bonds. The Balaban J connectivity index is 1.87. The number of para-hydroxylation sites is 2. The number of hydrogen-bond acceptors (Lipinski definition) is 7. The van der Waals surface area contributed by atoms with Crippen molar-refractivity contribution < 1.29 is 14.3 Å². The van der Waals surface area contributed by atoms with E-state index in [1.807, 2.05) is 48.5 Å². The Hall–Kier alpha value is -3.65. The average Bonchev–Trinajstić information content (AvgIpc) is 2.78. The highest BCUT2D eigenvalue weighted by atomic mass is 79.9. The van der Waals surface area contributed by atoms with E-state index in [4.69, 9.17) is 30.9 Å². The van der Waals surface area contributed by atoms with Gasteiger partial charge in [-0.25, -0.2) is 14.8 Å². The molecule has 0 spiro atoms. The van der Waals surface area contributed by atoms with Crippen LogP contribution in [0.5, 0.6) is 5.75 Å². The zero-order chi connectivity index (χ0) is 22.4. The van der Waals surface area contributed by atoms with Crippen LogP contribution in [0, 0.1) is 0 Å². The number of nitrogens with zero attached hydrogens (tertiary/aromatic N) is 2. The van der Waals surface area contributed by atoms with Crippen molar-refractivity contribution in [2.75, 3.05) is 12.3 Å². The zero-order valence-corrected chi connectivity index (χ0v) is 18.7. The van der Waals surface area contributed by atoms with Crippen LogP contribution in [-0.2, 0) is 9.53 Å². The summed E-state index contributed by atoms with van der Waals surface area (Å²) in [6.45, 7) is 1.95. The van der Waals surface area contributed by atoms with Gasteiger partial charge in [-0.3, -0.25) is 0 Å². The van der Waals surface area contributed by atoms with Gasteiger partial charge in [-0.1, -0.05) is 40.2 Å². The van der Waals surface area contributed by atoms with Gasteiger partial charge in [0.1, 0.15) is 5.57 Å². The van der Waals surface area contributed by atoms with E-state index in [2.05, 4.69) is 15.9 Å². The molecule has 0 saturated heterocycles. The molecule has 0 saturated carbocycles. The topological polar surface area (TPSA) is 113 Å². The number of rotatable bonds is 3. The molecule has 5 rings (SSSR count). The number of ether oxygens (including phenoxy) is 2. The van der Waals surface area contributed by atoms with Gasteiger partial charge in [0.05, 0.1) is 40.3 Å². The number of halogens is 1. The summed E-state index contributed by atoms with van der Waals surface area (Å²) in [5.74, 6) is -0.801. The van der Waals surface area contributed by atoms with E-state index in [-0.39, 0.29) is 18.1 Å². The lowest BCUT2D eigenvalue weighted by molar-refractivity contribution is -0.139. The average molecular weight is 491 g/mol. The number of aromatic nitrogens is 2. The number of anilines is 1.